The Morgan fingerprint density at radius 2 is 1.85 bits per heavy atom. The van der Waals surface area contributed by atoms with Crippen LogP contribution < -0.4 is 10.1 Å². The van der Waals surface area contributed by atoms with Gasteiger partial charge >= 0.3 is 0 Å². The number of aromatic nitrogens is 2. The zero-order valence-electron chi connectivity index (χ0n) is 19.0. The molecule has 4 rings (SSSR count). The van der Waals surface area contributed by atoms with Gasteiger partial charge < -0.3 is 14.8 Å². The first-order valence-electron chi connectivity index (χ1n) is 11.1. The molecule has 1 amide bonds. The van der Waals surface area contributed by atoms with Crippen LogP contribution in [0.4, 0.5) is 5.69 Å². The number of carbonyl (C=O) groups is 1. The summed E-state index contributed by atoms with van der Waals surface area (Å²) in [5.74, 6) is 0.462. The summed E-state index contributed by atoms with van der Waals surface area (Å²) in [6.07, 6.45) is 0.822. The summed E-state index contributed by atoms with van der Waals surface area (Å²) >= 11 is 0. The lowest BCUT2D eigenvalue weighted by molar-refractivity contribution is -0.384. The number of nitrogens with zero attached hydrogens (tertiary/aromatic N) is 4. The second-order valence-corrected chi connectivity index (χ2v) is 7.89. The molecule has 1 fully saturated rings. The first-order valence-corrected chi connectivity index (χ1v) is 11.1. The minimum absolute atomic E-state index is 0.0274. The van der Waals surface area contributed by atoms with E-state index in [1.54, 1.807) is 25.3 Å². The van der Waals surface area contributed by atoms with Crippen molar-refractivity contribution in [1.82, 2.24) is 20.0 Å². The number of ether oxygens (including phenoxy) is 2. The van der Waals surface area contributed by atoms with Gasteiger partial charge in [0.05, 0.1) is 36.6 Å². The molecule has 0 spiro atoms. The zero-order chi connectivity index (χ0) is 23.9. The minimum atomic E-state index is -0.461. The molecule has 3 aromatic rings. The van der Waals surface area contributed by atoms with Crippen molar-refractivity contribution < 1.29 is 19.2 Å². The quantitative estimate of drug-likeness (QED) is 0.294. The van der Waals surface area contributed by atoms with Gasteiger partial charge in [0.2, 0.25) is 0 Å². The van der Waals surface area contributed by atoms with Crippen molar-refractivity contribution in [3.8, 4) is 22.7 Å². The number of nitro benzene ring substituents is 1. The molecule has 0 bridgehead atoms. The highest BCUT2D eigenvalue weighted by atomic mass is 16.6. The fourth-order valence-electron chi connectivity index (χ4n) is 3.78. The molecule has 0 aliphatic carbocycles. The molecule has 0 saturated carbocycles. The number of nitro groups is 1. The third-order valence-corrected chi connectivity index (χ3v) is 5.67. The SMILES string of the molecule is COc1ccc(-c2cc(C(=O)NCCCN3CCOCC3)n(-c3ccc([N+](=O)[O-])cc3)n2)cc1. The Balaban J connectivity index is 1.53. The number of rotatable bonds is 9. The second kappa shape index (κ2) is 10.9. The Morgan fingerprint density at radius 1 is 1.15 bits per heavy atom. The molecule has 10 nitrogen and oxygen atoms in total. The van der Waals surface area contributed by atoms with Crippen molar-refractivity contribution in [1.29, 1.82) is 0 Å². The Labute approximate surface area is 197 Å². The van der Waals surface area contributed by atoms with Gasteiger partial charge in [0.1, 0.15) is 11.4 Å². The van der Waals surface area contributed by atoms with Crippen LogP contribution in [0.1, 0.15) is 16.9 Å². The Bertz CT molecular complexity index is 1120. The van der Waals surface area contributed by atoms with Crippen LogP contribution in [-0.2, 0) is 4.74 Å². The van der Waals surface area contributed by atoms with Crippen LogP contribution in [0.15, 0.2) is 54.6 Å². The monoisotopic (exact) mass is 465 g/mol. The summed E-state index contributed by atoms with van der Waals surface area (Å²) < 4.78 is 12.1. The van der Waals surface area contributed by atoms with Gasteiger partial charge in [-0.3, -0.25) is 19.8 Å². The molecule has 2 aromatic carbocycles. The van der Waals surface area contributed by atoms with E-state index in [9.17, 15) is 14.9 Å². The van der Waals surface area contributed by atoms with Crippen molar-refractivity contribution >= 4 is 11.6 Å². The van der Waals surface area contributed by atoms with Crippen LogP contribution in [-0.4, -0.2) is 72.0 Å². The van der Waals surface area contributed by atoms with Crippen LogP contribution in [0.25, 0.3) is 16.9 Å². The van der Waals surface area contributed by atoms with E-state index in [0.29, 0.717) is 23.6 Å². The largest absolute Gasteiger partial charge is 0.497 e. The predicted octanol–water partition coefficient (Wildman–Crippen LogP) is 2.91. The van der Waals surface area contributed by atoms with Crippen LogP contribution in [0.5, 0.6) is 5.75 Å². The van der Waals surface area contributed by atoms with E-state index in [1.807, 2.05) is 24.3 Å². The van der Waals surface area contributed by atoms with Crippen molar-refractivity contribution in [3.05, 3.63) is 70.4 Å². The first kappa shape index (κ1) is 23.4. The molecule has 34 heavy (non-hydrogen) atoms. The number of hydrogen-bond acceptors (Lipinski definition) is 7. The Kier molecular flexibility index (Phi) is 7.51. The molecule has 178 valence electrons. The fraction of sp³-hybridized carbons (Fsp3) is 0.333. The smallest absolute Gasteiger partial charge is 0.270 e. The fourth-order valence-corrected chi connectivity index (χ4v) is 3.78. The Morgan fingerprint density at radius 3 is 2.50 bits per heavy atom. The van der Waals surface area contributed by atoms with Crippen LogP contribution in [0.2, 0.25) is 0 Å². The van der Waals surface area contributed by atoms with Gasteiger partial charge in [-0.15, -0.1) is 0 Å². The lowest BCUT2D eigenvalue weighted by Gasteiger charge is -2.26. The summed E-state index contributed by atoms with van der Waals surface area (Å²) in [6, 6.07) is 15.1. The molecule has 1 aliphatic rings. The minimum Gasteiger partial charge on any atom is -0.497 e. The number of benzene rings is 2. The molecular formula is C24H27N5O5. The van der Waals surface area contributed by atoms with Crippen LogP contribution >= 0.6 is 0 Å². The van der Waals surface area contributed by atoms with Gasteiger partial charge in [-0.2, -0.15) is 5.10 Å². The maximum Gasteiger partial charge on any atom is 0.270 e. The number of non-ortho nitro benzene ring substituents is 1. The third-order valence-electron chi connectivity index (χ3n) is 5.67. The standard InChI is InChI=1S/C24H27N5O5/c1-33-21-9-3-18(4-10-21)22-17-23(24(30)25-11-2-12-27-13-15-34-16-14-27)28(26-22)19-5-7-20(8-6-19)29(31)32/h3-10,17H,2,11-16H2,1H3,(H,25,30). The van der Waals surface area contributed by atoms with Crippen molar-refractivity contribution in [2.75, 3.05) is 46.5 Å². The molecule has 0 radical (unpaired) electrons. The highest BCUT2D eigenvalue weighted by molar-refractivity contribution is 5.94. The molecular weight excluding hydrogens is 438 g/mol. The van der Waals surface area contributed by atoms with Gasteiger partial charge in [0.25, 0.3) is 11.6 Å². The van der Waals surface area contributed by atoms with E-state index in [2.05, 4.69) is 15.3 Å². The van der Waals surface area contributed by atoms with Gasteiger partial charge in [-0.25, -0.2) is 4.68 Å². The van der Waals surface area contributed by atoms with Gasteiger partial charge in [0.15, 0.2) is 0 Å². The molecule has 1 saturated heterocycles. The molecule has 1 aromatic heterocycles. The highest BCUT2D eigenvalue weighted by Crippen LogP contribution is 2.25. The van der Waals surface area contributed by atoms with E-state index < -0.39 is 4.92 Å². The first-order chi connectivity index (χ1) is 16.5. The van der Waals surface area contributed by atoms with Crippen molar-refractivity contribution in [2.24, 2.45) is 0 Å². The van der Waals surface area contributed by atoms with Crippen molar-refractivity contribution in [2.45, 2.75) is 6.42 Å². The van der Waals surface area contributed by atoms with Gasteiger partial charge in [-0.1, -0.05) is 0 Å². The molecule has 1 aliphatic heterocycles. The molecule has 1 N–H and O–H groups in total. The lowest BCUT2D eigenvalue weighted by Crippen LogP contribution is -2.38. The van der Waals surface area contributed by atoms with Gasteiger partial charge in [0, 0.05) is 37.3 Å². The number of morpholine rings is 1. The van der Waals surface area contributed by atoms with E-state index >= 15 is 0 Å². The molecule has 0 unspecified atom stereocenters. The van der Waals surface area contributed by atoms with Crippen LogP contribution in [0.3, 0.4) is 0 Å². The van der Waals surface area contributed by atoms with E-state index in [1.165, 1.54) is 16.8 Å². The summed E-state index contributed by atoms with van der Waals surface area (Å²) in [5, 5.41) is 18.6. The summed E-state index contributed by atoms with van der Waals surface area (Å²) in [7, 11) is 1.60. The van der Waals surface area contributed by atoms with E-state index in [0.717, 1.165) is 50.6 Å². The average Bonchev–Trinajstić information content (AvgIpc) is 3.33. The van der Waals surface area contributed by atoms with Gasteiger partial charge in [-0.05, 0) is 55.4 Å². The van der Waals surface area contributed by atoms with E-state index in [-0.39, 0.29) is 11.6 Å². The number of amides is 1. The molecule has 10 heteroatoms. The maximum absolute atomic E-state index is 13.1. The summed E-state index contributed by atoms with van der Waals surface area (Å²) in [4.78, 5) is 26.0. The predicted molar refractivity (Wildman–Crippen MR) is 126 cm³/mol. The highest BCUT2D eigenvalue weighted by Gasteiger charge is 2.19. The van der Waals surface area contributed by atoms with E-state index in [4.69, 9.17) is 9.47 Å². The zero-order valence-corrected chi connectivity index (χ0v) is 19.0. The number of methoxy groups -OCH3 is 1. The summed E-state index contributed by atoms with van der Waals surface area (Å²) in [6.45, 7) is 4.73. The Hall–Kier alpha value is -3.76. The number of nitrogens with one attached hydrogen (secondary N) is 1. The topological polar surface area (TPSA) is 112 Å². The average molecular weight is 466 g/mol. The third kappa shape index (κ3) is 5.59. The van der Waals surface area contributed by atoms with Crippen LogP contribution in [0, 0.1) is 10.1 Å². The second-order valence-electron chi connectivity index (χ2n) is 7.89. The lowest BCUT2D eigenvalue weighted by atomic mass is 10.1. The molecule has 0 atom stereocenters. The maximum atomic E-state index is 13.1. The number of carbonyl (C=O) groups excluding carboxylic acids is 1. The normalized spacial score (nSPS) is 14.0. The molecule has 2 heterocycles. The number of hydrogen-bond donors (Lipinski definition) is 1. The van der Waals surface area contributed by atoms with Crippen molar-refractivity contribution in [3.63, 3.8) is 0 Å². The summed E-state index contributed by atoms with van der Waals surface area (Å²) in [5.41, 5.74) is 2.32.